The Hall–Kier alpha value is -1.30. The predicted molar refractivity (Wildman–Crippen MR) is 72.3 cm³/mol. The summed E-state index contributed by atoms with van der Waals surface area (Å²) in [6.07, 6.45) is -0.503. The van der Waals surface area contributed by atoms with Crippen LogP contribution in [0.15, 0.2) is 18.2 Å². The molecule has 5 nitrogen and oxygen atoms in total. The maximum atomic E-state index is 11.6. The summed E-state index contributed by atoms with van der Waals surface area (Å²) in [4.78, 5) is 11.6. The molecule has 0 saturated heterocycles. The third kappa shape index (κ3) is 4.91. The number of nitrogens with two attached hydrogens (primary N) is 1. The minimum atomic E-state index is -0.530. The molecule has 0 aromatic heterocycles. The number of hydrazine groups is 1. The van der Waals surface area contributed by atoms with E-state index in [1.165, 1.54) is 0 Å². The summed E-state index contributed by atoms with van der Waals surface area (Å²) in [5.41, 5.74) is 3.39. The van der Waals surface area contributed by atoms with E-state index in [2.05, 4.69) is 10.7 Å². The van der Waals surface area contributed by atoms with Gasteiger partial charge in [-0.25, -0.2) is 4.79 Å². The summed E-state index contributed by atoms with van der Waals surface area (Å²) in [7, 11) is 0. The van der Waals surface area contributed by atoms with Gasteiger partial charge in [-0.3, -0.25) is 16.6 Å². The molecule has 0 bridgehead atoms. The van der Waals surface area contributed by atoms with Crippen LogP contribution in [0.25, 0.3) is 0 Å². The minimum absolute atomic E-state index is 0.419. The van der Waals surface area contributed by atoms with Crippen LogP contribution in [0.1, 0.15) is 26.3 Å². The summed E-state index contributed by atoms with van der Waals surface area (Å²) in [5.74, 6) is 5.24. The molecule has 1 amide bonds. The van der Waals surface area contributed by atoms with Crippen LogP contribution in [0.4, 0.5) is 10.5 Å². The van der Waals surface area contributed by atoms with E-state index >= 15 is 0 Å². The molecule has 0 aliphatic carbocycles. The predicted octanol–water partition coefficient (Wildman–Crippen LogP) is 2.65. The van der Waals surface area contributed by atoms with Gasteiger partial charge in [0.1, 0.15) is 5.60 Å². The van der Waals surface area contributed by atoms with Gasteiger partial charge in [0, 0.05) is 17.3 Å². The van der Waals surface area contributed by atoms with E-state index in [1.807, 2.05) is 0 Å². The fourth-order valence-corrected chi connectivity index (χ4v) is 1.50. The minimum Gasteiger partial charge on any atom is -0.444 e. The second-order valence-corrected chi connectivity index (χ2v) is 5.22. The van der Waals surface area contributed by atoms with Crippen molar-refractivity contribution in [3.05, 3.63) is 28.8 Å². The third-order valence-corrected chi connectivity index (χ3v) is 2.35. The van der Waals surface area contributed by atoms with E-state index in [0.717, 1.165) is 5.56 Å². The second kappa shape index (κ2) is 6.04. The second-order valence-electron chi connectivity index (χ2n) is 4.81. The van der Waals surface area contributed by atoms with Crippen molar-refractivity contribution >= 4 is 23.4 Å². The first kappa shape index (κ1) is 14.8. The van der Waals surface area contributed by atoms with Crippen LogP contribution in [0.5, 0.6) is 0 Å². The molecule has 6 heteroatoms. The van der Waals surface area contributed by atoms with Gasteiger partial charge in [-0.1, -0.05) is 11.6 Å². The van der Waals surface area contributed by atoms with Gasteiger partial charge in [0.2, 0.25) is 0 Å². The Morgan fingerprint density at radius 1 is 1.44 bits per heavy atom. The van der Waals surface area contributed by atoms with Gasteiger partial charge in [-0.2, -0.15) is 0 Å². The van der Waals surface area contributed by atoms with Crippen LogP contribution in [0, 0.1) is 0 Å². The maximum Gasteiger partial charge on any atom is 0.412 e. The van der Waals surface area contributed by atoms with Crippen molar-refractivity contribution in [2.45, 2.75) is 32.9 Å². The number of carbonyl (C=O) groups is 1. The van der Waals surface area contributed by atoms with Crippen molar-refractivity contribution in [1.82, 2.24) is 5.43 Å². The van der Waals surface area contributed by atoms with Gasteiger partial charge < -0.3 is 4.74 Å². The first-order valence-corrected chi connectivity index (χ1v) is 5.91. The van der Waals surface area contributed by atoms with Gasteiger partial charge in [0.05, 0.1) is 0 Å². The number of benzene rings is 1. The highest BCUT2D eigenvalue weighted by Gasteiger charge is 2.16. The van der Waals surface area contributed by atoms with Crippen molar-refractivity contribution in [3.8, 4) is 0 Å². The maximum absolute atomic E-state index is 11.6. The average molecular weight is 272 g/mol. The number of carbonyl (C=O) groups excluding carboxylic acids is 1. The van der Waals surface area contributed by atoms with Crippen molar-refractivity contribution < 1.29 is 9.53 Å². The average Bonchev–Trinajstić information content (AvgIpc) is 2.20. The Bertz CT molecular complexity index is 430. The normalized spacial score (nSPS) is 11.2. The number of hydrogen-bond donors (Lipinski definition) is 3. The highest BCUT2D eigenvalue weighted by Crippen LogP contribution is 2.21. The molecule has 0 saturated carbocycles. The highest BCUT2D eigenvalue weighted by atomic mass is 35.5. The molecular formula is C12H18ClN3O2. The van der Waals surface area contributed by atoms with Gasteiger partial charge in [0.15, 0.2) is 0 Å². The Labute approximate surface area is 112 Å². The van der Waals surface area contributed by atoms with Crippen molar-refractivity contribution in [1.29, 1.82) is 0 Å². The summed E-state index contributed by atoms with van der Waals surface area (Å²) in [5, 5.41) is 3.22. The van der Waals surface area contributed by atoms with E-state index in [0.29, 0.717) is 17.3 Å². The molecular weight excluding hydrogens is 254 g/mol. The smallest absolute Gasteiger partial charge is 0.412 e. The zero-order chi connectivity index (χ0) is 13.8. The lowest BCUT2D eigenvalue weighted by molar-refractivity contribution is 0.0636. The molecule has 100 valence electrons. The Kier molecular flexibility index (Phi) is 4.95. The number of halogens is 1. The van der Waals surface area contributed by atoms with Gasteiger partial charge in [0.25, 0.3) is 0 Å². The molecule has 4 N–H and O–H groups in total. The van der Waals surface area contributed by atoms with E-state index in [-0.39, 0.29) is 0 Å². The van der Waals surface area contributed by atoms with Crippen LogP contribution in [0.3, 0.4) is 0 Å². The number of nitrogens with one attached hydrogen (secondary N) is 2. The molecule has 0 aliphatic rings. The zero-order valence-electron chi connectivity index (χ0n) is 10.7. The van der Waals surface area contributed by atoms with E-state index < -0.39 is 11.7 Å². The van der Waals surface area contributed by atoms with Crippen LogP contribution < -0.4 is 16.6 Å². The summed E-state index contributed by atoms with van der Waals surface area (Å²) >= 11 is 5.98. The highest BCUT2D eigenvalue weighted by molar-refractivity contribution is 6.31. The lowest BCUT2D eigenvalue weighted by atomic mass is 10.2. The number of hydrogen-bond acceptors (Lipinski definition) is 4. The van der Waals surface area contributed by atoms with Gasteiger partial charge in [-0.15, -0.1) is 0 Å². The first-order chi connectivity index (χ1) is 8.31. The lowest BCUT2D eigenvalue weighted by Gasteiger charge is -2.19. The molecule has 0 unspecified atom stereocenters. The third-order valence-electron chi connectivity index (χ3n) is 1.98. The fourth-order valence-electron chi connectivity index (χ4n) is 1.32. The van der Waals surface area contributed by atoms with Crippen molar-refractivity contribution in [2.24, 2.45) is 5.84 Å². The first-order valence-electron chi connectivity index (χ1n) is 5.54. The fraction of sp³-hybridized carbons (Fsp3) is 0.417. The number of anilines is 1. The number of rotatable bonds is 3. The molecule has 0 fully saturated rings. The SMILES string of the molecule is CC(C)(C)OC(=O)Nc1ccc(Cl)c(CNN)c1. The number of ether oxygens (including phenoxy) is 1. The van der Waals surface area contributed by atoms with E-state index in [9.17, 15) is 4.79 Å². The molecule has 1 aromatic carbocycles. The summed E-state index contributed by atoms with van der Waals surface area (Å²) in [6, 6.07) is 5.14. The van der Waals surface area contributed by atoms with Crippen molar-refractivity contribution in [3.63, 3.8) is 0 Å². The summed E-state index contributed by atoms with van der Waals surface area (Å²) < 4.78 is 5.15. The molecule has 0 aliphatic heterocycles. The largest absolute Gasteiger partial charge is 0.444 e. The van der Waals surface area contributed by atoms with E-state index in [4.69, 9.17) is 22.2 Å². The zero-order valence-corrected chi connectivity index (χ0v) is 11.5. The lowest BCUT2D eigenvalue weighted by Crippen LogP contribution is -2.27. The van der Waals surface area contributed by atoms with E-state index in [1.54, 1.807) is 39.0 Å². The molecule has 0 spiro atoms. The van der Waals surface area contributed by atoms with Crippen LogP contribution in [-0.2, 0) is 11.3 Å². The molecule has 0 atom stereocenters. The van der Waals surface area contributed by atoms with Crippen LogP contribution >= 0.6 is 11.6 Å². The Morgan fingerprint density at radius 3 is 2.67 bits per heavy atom. The Morgan fingerprint density at radius 2 is 2.11 bits per heavy atom. The monoisotopic (exact) mass is 271 g/mol. The standard InChI is InChI=1S/C12H18ClN3O2/c1-12(2,3)18-11(17)16-9-4-5-10(13)8(6-9)7-15-14/h4-6,15H,7,14H2,1-3H3,(H,16,17). The topological polar surface area (TPSA) is 76.4 Å². The van der Waals surface area contributed by atoms with Crippen LogP contribution in [0.2, 0.25) is 5.02 Å². The van der Waals surface area contributed by atoms with Gasteiger partial charge in [-0.05, 0) is 44.5 Å². The molecule has 0 heterocycles. The van der Waals surface area contributed by atoms with Crippen molar-refractivity contribution in [2.75, 3.05) is 5.32 Å². The Balaban J connectivity index is 2.73. The quantitative estimate of drug-likeness (QED) is 0.583. The molecule has 18 heavy (non-hydrogen) atoms. The molecule has 1 aromatic rings. The van der Waals surface area contributed by atoms with Crippen LogP contribution in [-0.4, -0.2) is 11.7 Å². The summed E-state index contributed by atoms with van der Waals surface area (Å²) in [6.45, 7) is 5.83. The molecule has 0 radical (unpaired) electrons. The molecule has 1 rings (SSSR count). The van der Waals surface area contributed by atoms with Gasteiger partial charge >= 0.3 is 6.09 Å². The number of amides is 1.